The van der Waals surface area contributed by atoms with Crippen molar-refractivity contribution >= 4 is 23.5 Å². The summed E-state index contributed by atoms with van der Waals surface area (Å²) in [6.45, 7) is 4.05. The molecule has 0 aliphatic rings. The van der Waals surface area contributed by atoms with Crippen LogP contribution in [0.4, 0.5) is 4.79 Å². The van der Waals surface area contributed by atoms with Gasteiger partial charge in [0.25, 0.3) is 0 Å². The molecule has 5 heteroatoms. The lowest BCUT2D eigenvalue weighted by Gasteiger charge is -2.16. The van der Waals surface area contributed by atoms with Crippen LogP contribution in [0.2, 0.25) is 0 Å². The fourth-order valence-corrected chi connectivity index (χ4v) is 1.35. The second-order valence-corrected chi connectivity index (χ2v) is 3.49. The molecule has 1 unspecified atom stereocenters. The lowest BCUT2D eigenvalue weighted by atomic mass is 10.1. The molecule has 88 valence electrons. The van der Waals surface area contributed by atoms with Crippen molar-refractivity contribution in [2.24, 2.45) is 0 Å². The van der Waals surface area contributed by atoms with Crippen molar-refractivity contribution in [2.75, 3.05) is 12.5 Å². The number of carbonyl (C=O) groups is 2. The highest BCUT2D eigenvalue weighted by Gasteiger charge is 2.15. The summed E-state index contributed by atoms with van der Waals surface area (Å²) in [7, 11) is 0. The van der Waals surface area contributed by atoms with Crippen LogP contribution in [0.3, 0.4) is 0 Å². The van der Waals surface area contributed by atoms with Crippen LogP contribution in [0, 0.1) is 0 Å². The third-order valence-electron chi connectivity index (χ3n) is 1.86. The van der Waals surface area contributed by atoms with E-state index in [2.05, 4.69) is 5.32 Å². The van der Waals surface area contributed by atoms with Crippen LogP contribution >= 0.6 is 11.6 Å². The molecule has 4 nitrogen and oxygen atoms in total. The van der Waals surface area contributed by atoms with E-state index in [-0.39, 0.29) is 24.1 Å². The average molecular weight is 236 g/mol. The van der Waals surface area contributed by atoms with Gasteiger partial charge in [0.15, 0.2) is 0 Å². The van der Waals surface area contributed by atoms with Gasteiger partial charge >= 0.3 is 6.09 Å². The van der Waals surface area contributed by atoms with Crippen molar-refractivity contribution in [3.8, 4) is 0 Å². The van der Waals surface area contributed by atoms with Gasteiger partial charge in [0.1, 0.15) is 5.78 Å². The number of ketones is 1. The predicted octanol–water partition coefficient (Wildman–Crippen LogP) is 2.10. The van der Waals surface area contributed by atoms with Crippen molar-refractivity contribution < 1.29 is 14.3 Å². The zero-order valence-electron chi connectivity index (χ0n) is 9.22. The summed E-state index contributed by atoms with van der Waals surface area (Å²) in [5.41, 5.74) is 0. The van der Waals surface area contributed by atoms with Gasteiger partial charge < -0.3 is 10.1 Å². The van der Waals surface area contributed by atoms with E-state index in [0.29, 0.717) is 6.61 Å². The lowest BCUT2D eigenvalue weighted by Crippen LogP contribution is -2.37. The number of halogens is 1. The van der Waals surface area contributed by atoms with Crippen LogP contribution in [-0.2, 0) is 9.53 Å². The number of amides is 1. The molecular formula is C10H18ClNO3. The van der Waals surface area contributed by atoms with Crippen molar-refractivity contribution in [2.45, 2.75) is 39.2 Å². The topological polar surface area (TPSA) is 55.4 Å². The van der Waals surface area contributed by atoms with E-state index < -0.39 is 6.09 Å². The normalized spacial score (nSPS) is 11.9. The van der Waals surface area contributed by atoms with E-state index in [9.17, 15) is 9.59 Å². The molecule has 1 atom stereocenters. The summed E-state index contributed by atoms with van der Waals surface area (Å²) in [6.07, 6.45) is 1.45. The Kier molecular flexibility index (Phi) is 8.09. The average Bonchev–Trinajstić information content (AvgIpc) is 2.18. The molecular weight excluding hydrogens is 218 g/mol. The summed E-state index contributed by atoms with van der Waals surface area (Å²) in [6, 6.07) is -0.166. The zero-order valence-corrected chi connectivity index (χ0v) is 9.97. The number of ether oxygens (including phenoxy) is 1. The summed E-state index contributed by atoms with van der Waals surface area (Å²) in [5.74, 6) is -0.0722. The Bertz CT molecular complexity index is 209. The number of hydrogen-bond donors (Lipinski definition) is 1. The highest BCUT2D eigenvalue weighted by Crippen LogP contribution is 2.04. The van der Waals surface area contributed by atoms with Crippen molar-refractivity contribution in [3.05, 3.63) is 0 Å². The minimum Gasteiger partial charge on any atom is -0.450 e. The quantitative estimate of drug-likeness (QED) is 0.688. The van der Waals surface area contributed by atoms with Gasteiger partial charge in [-0.3, -0.25) is 4.79 Å². The number of hydrogen-bond acceptors (Lipinski definition) is 3. The number of rotatable bonds is 7. The van der Waals surface area contributed by atoms with E-state index in [1.54, 1.807) is 6.92 Å². The largest absolute Gasteiger partial charge is 0.450 e. The second-order valence-electron chi connectivity index (χ2n) is 3.23. The molecule has 0 saturated carbocycles. The minimum atomic E-state index is -0.474. The van der Waals surface area contributed by atoms with Gasteiger partial charge in [-0.15, -0.1) is 11.6 Å². The number of nitrogens with one attached hydrogen (secondary N) is 1. The molecule has 0 rings (SSSR count). The molecule has 1 N–H and O–H groups in total. The monoisotopic (exact) mass is 235 g/mol. The van der Waals surface area contributed by atoms with Gasteiger partial charge in [-0.1, -0.05) is 13.3 Å². The Balaban J connectivity index is 4.02. The number of Topliss-reactive ketones (excluding diaryl/α,β-unsaturated/α-hetero) is 1. The molecule has 0 radical (unpaired) electrons. The Labute approximate surface area is 95.3 Å². The SMILES string of the molecule is CCCC(CC(=O)CCl)NC(=O)OCC. The number of alkyl halides is 1. The zero-order chi connectivity index (χ0) is 11.7. The maximum atomic E-state index is 11.1. The summed E-state index contributed by atoms with van der Waals surface area (Å²) >= 11 is 5.40. The predicted molar refractivity (Wildman–Crippen MR) is 59.2 cm³/mol. The maximum absolute atomic E-state index is 11.1. The van der Waals surface area contributed by atoms with E-state index >= 15 is 0 Å². The molecule has 0 heterocycles. The molecule has 15 heavy (non-hydrogen) atoms. The summed E-state index contributed by atoms with van der Waals surface area (Å²) in [5, 5.41) is 2.64. The van der Waals surface area contributed by atoms with Crippen molar-refractivity contribution in [1.29, 1.82) is 0 Å². The van der Waals surface area contributed by atoms with Crippen LogP contribution in [0.1, 0.15) is 33.1 Å². The fourth-order valence-electron chi connectivity index (χ4n) is 1.24. The van der Waals surface area contributed by atoms with E-state index in [0.717, 1.165) is 12.8 Å². The summed E-state index contributed by atoms with van der Waals surface area (Å²) < 4.78 is 4.74. The van der Waals surface area contributed by atoms with Crippen LogP contribution in [0.25, 0.3) is 0 Å². The molecule has 0 fully saturated rings. The smallest absolute Gasteiger partial charge is 0.407 e. The van der Waals surface area contributed by atoms with Crippen LogP contribution in [0.15, 0.2) is 0 Å². The first kappa shape index (κ1) is 14.2. The highest BCUT2D eigenvalue weighted by molar-refractivity contribution is 6.27. The first-order valence-corrected chi connectivity index (χ1v) is 5.68. The molecule has 0 aliphatic heterocycles. The lowest BCUT2D eigenvalue weighted by molar-refractivity contribution is -0.117. The fraction of sp³-hybridized carbons (Fsp3) is 0.800. The second kappa shape index (κ2) is 8.53. The molecule has 0 aromatic carbocycles. The standard InChI is InChI=1S/C10H18ClNO3/c1-3-5-8(6-9(13)7-11)12-10(14)15-4-2/h8H,3-7H2,1-2H3,(H,12,14). The van der Waals surface area contributed by atoms with Gasteiger partial charge in [0.05, 0.1) is 12.5 Å². The van der Waals surface area contributed by atoms with Gasteiger partial charge in [-0.2, -0.15) is 0 Å². The van der Waals surface area contributed by atoms with E-state index in [1.165, 1.54) is 0 Å². The van der Waals surface area contributed by atoms with Gasteiger partial charge in [0, 0.05) is 12.5 Å². The Morgan fingerprint density at radius 3 is 2.53 bits per heavy atom. The summed E-state index contributed by atoms with van der Waals surface area (Å²) in [4.78, 5) is 22.2. The minimum absolute atomic E-state index is 0.00921. The van der Waals surface area contributed by atoms with Crippen molar-refractivity contribution in [1.82, 2.24) is 5.32 Å². The van der Waals surface area contributed by atoms with Gasteiger partial charge in [-0.05, 0) is 13.3 Å². The first-order valence-electron chi connectivity index (χ1n) is 5.14. The molecule has 1 amide bonds. The molecule has 0 aromatic rings. The van der Waals surface area contributed by atoms with E-state index in [1.807, 2.05) is 6.92 Å². The Morgan fingerprint density at radius 1 is 1.40 bits per heavy atom. The van der Waals surface area contributed by atoms with E-state index in [4.69, 9.17) is 16.3 Å². The third-order valence-corrected chi connectivity index (χ3v) is 2.16. The molecule has 0 spiro atoms. The number of alkyl carbamates (subject to hydrolysis) is 1. The molecule has 0 saturated heterocycles. The van der Waals surface area contributed by atoms with Crippen LogP contribution < -0.4 is 5.32 Å². The van der Waals surface area contributed by atoms with Crippen LogP contribution in [-0.4, -0.2) is 30.4 Å². The van der Waals surface area contributed by atoms with Gasteiger partial charge in [0.2, 0.25) is 0 Å². The number of carbonyl (C=O) groups excluding carboxylic acids is 2. The molecule has 0 aliphatic carbocycles. The first-order chi connectivity index (χ1) is 7.13. The Morgan fingerprint density at radius 2 is 2.07 bits per heavy atom. The highest BCUT2D eigenvalue weighted by atomic mass is 35.5. The molecule has 0 bridgehead atoms. The maximum Gasteiger partial charge on any atom is 0.407 e. The van der Waals surface area contributed by atoms with Crippen molar-refractivity contribution in [3.63, 3.8) is 0 Å². The third kappa shape index (κ3) is 7.19. The van der Waals surface area contributed by atoms with Crippen LogP contribution in [0.5, 0.6) is 0 Å². The Hall–Kier alpha value is -0.770. The van der Waals surface area contributed by atoms with Gasteiger partial charge in [-0.25, -0.2) is 4.79 Å². The molecule has 0 aromatic heterocycles.